The number of hydrogen-bond donors (Lipinski definition) is 1. The smallest absolute Gasteiger partial charge is 0.224 e. The molecule has 4 heteroatoms. The molecular formula is C16H19N3O. The number of aromatic amines is 1. The fourth-order valence-corrected chi connectivity index (χ4v) is 2.94. The van der Waals surface area contributed by atoms with Crippen molar-refractivity contribution in [1.29, 1.82) is 0 Å². The van der Waals surface area contributed by atoms with Gasteiger partial charge in [-0.2, -0.15) is 0 Å². The van der Waals surface area contributed by atoms with Crippen LogP contribution in [-0.2, 0) is 17.6 Å². The monoisotopic (exact) mass is 269 g/mol. The second-order valence-electron chi connectivity index (χ2n) is 5.28. The Labute approximate surface area is 118 Å². The van der Waals surface area contributed by atoms with E-state index in [0.29, 0.717) is 0 Å². The number of imidazole rings is 1. The molecule has 3 rings (SSSR count). The highest BCUT2D eigenvalue weighted by atomic mass is 16.2. The van der Waals surface area contributed by atoms with Crippen LogP contribution in [0.1, 0.15) is 43.4 Å². The molecule has 0 fully saturated rings. The van der Waals surface area contributed by atoms with Gasteiger partial charge in [-0.05, 0) is 18.1 Å². The number of aryl methyl sites for hydroxylation is 1. The van der Waals surface area contributed by atoms with E-state index in [2.05, 4.69) is 23.0 Å². The minimum Gasteiger partial charge on any atom is -0.344 e. The molecular weight excluding hydrogens is 250 g/mol. The predicted octanol–water partition coefficient (Wildman–Crippen LogP) is 3.01. The van der Waals surface area contributed by atoms with Gasteiger partial charge in [-0.1, -0.05) is 31.5 Å². The average molecular weight is 269 g/mol. The Morgan fingerprint density at radius 1 is 1.45 bits per heavy atom. The van der Waals surface area contributed by atoms with Crippen molar-refractivity contribution in [1.82, 2.24) is 9.97 Å². The molecule has 4 nitrogen and oxygen atoms in total. The summed E-state index contributed by atoms with van der Waals surface area (Å²) in [5.41, 5.74) is 3.36. The van der Waals surface area contributed by atoms with Crippen LogP contribution in [-0.4, -0.2) is 15.9 Å². The number of anilines is 1. The van der Waals surface area contributed by atoms with E-state index in [1.54, 1.807) is 6.92 Å². The Balaban J connectivity index is 1.95. The molecule has 1 N–H and O–H groups in total. The Morgan fingerprint density at radius 3 is 3.00 bits per heavy atom. The third-order valence-electron chi connectivity index (χ3n) is 3.80. The maximum absolute atomic E-state index is 12.0. The number of nitrogens with zero attached hydrogens (tertiary/aromatic N) is 2. The number of hydrogen-bond acceptors (Lipinski definition) is 2. The third-order valence-corrected chi connectivity index (χ3v) is 3.80. The van der Waals surface area contributed by atoms with Gasteiger partial charge in [0, 0.05) is 30.9 Å². The van der Waals surface area contributed by atoms with E-state index in [9.17, 15) is 4.79 Å². The molecule has 20 heavy (non-hydrogen) atoms. The molecule has 1 amide bonds. The second-order valence-corrected chi connectivity index (χ2v) is 5.28. The van der Waals surface area contributed by atoms with Gasteiger partial charge in [-0.3, -0.25) is 4.79 Å². The van der Waals surface area contributed by atoms with Gasteiger partial charge in [0.25, 0.3) is 0 Å². The maximum atomic E-state index is 12.0. The number of nitrogens with one attached hydrogen (secondary N) is 1. The van der Waals surface area contributed by atoms with Crippen molar-refractivity contribution < 1.29 is 4.79 Å². The van der Waals surface area contributed by atoms with Crippen molar-refractivity contribution in [2.75, 3.05) is 4.90 Å². The second kappa shape index (κ2) is 5.12. The molecule has 1 aromatic heterocycles. The standard InChI is InChI=1S/C16H19N3O/c1-3-6-13-10-17-16(18-13)15-9-12-7-4-5-8-14(12)19(15)11(2)20/h4-5,7-8,10,15H,3,6,9H2,1-2H3,(H,17,18)/t15-/m0/s1. The molecule has 0 saturated heterocycles. The fraction of sp³-hybridized carbons (Fsp3) is 0.375. The zero-order valence-corrected chi connectivity index (χ0v) is 11.9. The Hall–Kier alpha value is -2.10. The zero-order valence-electron chi connectivity index (χ0n) is 11.9. The van der Waals surface area contributed by atoms with Crippen LogP contribution in [0.4, 0.5) is 5.69 Å². The Morgan fingerprint density at radius 2 is 2.25 bits per heavy atom. The lowest BCUT2D eigenvalue weighted by Crippen LogP contribution is -2.30. The van der Waals surface area contributed by atoms with Gasteiger partial charge in [0.05, 0.1) is 6.04 Å². The summed E-state index contributed by atoms with van der Waals surface area (Å²) in [6.45, 7) is 3.76. The minimum atomic E-state index is -0.00416. The van der Waals surface area contributed by atoms with E-state index in [-0.39, 0.29) is 11.9 Å². The SMILES string of the molecule is CCCc1cnc([C@@H]2Cc3ccccc3N2C(C)=O)[nH]1. The van der Waals surface area contributed by atoms with Crippen LogP contribution in [0.15, 0.2) is 30.5 Å². The van der Waals surface area contributed by atoms with Crippen molar-refractivity contribution in [3.05, 3.63) is 47.5 Å². The van der Waals surface area contributed by atoms with E-state index in [0.717, 1.165) is 36.5 Å². The number of amides is 1. The molecule has 0 bridgehead atoms. The fourth-order valence-electron chi connectivity index (χ4n) is 2.94. The summed E-state index contributed by atoms with van der Waals surface area (Å²) >= 11 is 0. The molecule has 2 heterocycles. The van der Waals surface area contributed by atoms with Crippen LogP contribution >= 0.6 is 0 Å². The molecule has 0 aliphatic carbocycles. The van der Waals surface area contributed by atoms with Crippen LogP contribution in [0.2, 0.25) is 0 Å². The van der Waals surface area contributed by atoms with Crippen LogP contribution in [0.25, 0.3) is 0 Å². The van der Waals surface area contributed by atoms with Gasteiger partial charge in [0.2, 0.25) is 5.91 Å². The van der Waals surface area contributed by atoms with E-state index in [4.69, 9.17) is 0 Å². The third kappa shape index (κ3) is 2.11. The molecule has 104 valence electrons. The molecule has 0 unspecified atom stereocenters. The molecule has 0 radical (unpaired) electrons. The van der Waals surface area contributed by atoms with Gasteiger partial charge in [0.1, 0.15) is 5.82 Å². The maximum Gasteiger partial charge on any atom is 0.224 e. The lowest BCUT2D eigenvalue weighted by atomic mass is 10.1. The van der Waals surface area contributed by atoms with Crippen LogP contribution in [0.5, 0.6) is 0 Å². The normalized spacial score (nSPS) is 17.3. The topological polar surface area (TPSA) is 49.0 Å². The van der Waals surface area contributed by atoms with Crippen LogP contribution in [0, 0.1) is 0 Å². The first-order valence-corrected chi connectivity index (χ1v) is 7.12. The molecule has 1 aromatic carbocycles. The average Bonchev–Trinajstić information content (AvgIpc) is 3.02. The van der Waals surface area contributed by atoms with Crippen molar-refractivity contribution in [3.63, 3.8) is 0 Å². The molecule has 0 saturated carbocycles. The van der Waals surface area contributed by atoms with Gasteiger partial charge >= 0.3 is 0 Å². The first kappa shape index (κ1) is 12.9. The summed E-state index contributed by atoms with van der Waals surface area (Å²) in [7, 11) is 0. The predicted molar refractivity (Wildman–Crippen MR) is 78.6 cm³/mol. The number of H-pyrrole nitrogens is 1. The summed E-state index contributed by atoms with van der Waals surface area (Å²) < 4.78 is 0. The highest BCUT2D eigenvalue weighted by Crippen LogP contribution is 2.39. The van der Waals surface area contributed by atoms with E-state index < -0.39 is 0 Å². The summed E-state index contributed by atoms with van der Waals surface area (Å²) in [6.07, 6.45) is 4.80. The number of aromatic nitrogens is 2. The first-order valence-electron chi connectivity index (χ1n) is 7.12. The highest BCUT2D eigenvalue weighted by molar-refractivity contribution is 5.94. The number of benzene rings is 1. The largest absolute Gasteiger partial charge is 0.344 e. The summed E-state index contributed by atoms with van der Waals surface area (Å²) in [5.74, 6) is 0.952. The van der Waals surface area contributed by atoms with Gasteiger partial charge in [-0.15, -0.1) is 0 Å². The van der Waals surface area contributed by atoms with E-state index in [1.807, 2.05) is 29.3 Å². The summed E-state index contributed by atoms with van der Waals surface area (Å²) in [5, 5.41) is 0. The highest BCUT2D eigenvalue weighted by Gasteiger charge is 2.34. The number of rotatable bonds is 3. The van der Waals surface area contributed by atoms with Crippen molar-refractivity contribution in [3.8, 4) is 0 Å². The number of carbonyl (C=O) groups excluding carboxylic acids is 1. The van der Waals surface area contributed by atoms with Crippen LogP contribution in [0.3, 0.4) is 0 Å². The van der Waals surface area contributed by atoms with Gasteiger partial charge in [0.15, 0.2) is 0 Å². The number of fused-ring (bicyclic) bond motifs is 1. The lowest BCUT2D eigenvalue weighted by Gasteiger charge is -2.22. The quantitative estimate of drug-likeness (QED) is 0.931. The first-order chi connectivity index (χ1) is 9.70. The molecule has 1 aliphatic heterocycles. The Bertz CT molecular complexity index is 632. The molecule has 1 aliphatic rings. The Kier molecular flexibility index (Phi) is 3.30. The minimum absolute atomic E-state index is 0.00416. The summed E-state index contributed by atoms with van der Waals surface area (Å²) in [6, 6.07) is 8.08. The van der Waals surface area contributed by atoms with E-state index in [1.165, 1.54) is 5.56 Å². The van der Waals surface area contributed by atoms with Crippen molar-refractivity contribution in [2.45, 2.75) is 39.2 Å². The zero-order chi connectivity index (χ0) is 14.1. The van der Waals surface area contributed by atoms with Crippen molar-refractivity contribution in [2.24, 2.45) is 0 Å². The number of carbonyl (C=O) groups is 1. The lowest BCUT2D eigenvalue weighted by molar-refractivity contribution is -0.117. The van der Waals surface area contributed by atoms with Gasteiger partial charge < -0.3 is 9.88 Å². The molecule has 1 atom stereocenters. The van der Waals surface area contributed by atoms with Crippen molar-refractivity contribution >= 4 is 11.6 Å². The van der Waals surface area contributed by atoms with Gasteiger partial charge in [-0.25, -0.2) is 4.98 Å². The molecule has 2 aromatic rings. The number of para-hydroxylation sites is 1. The van der Waals surface area contributed by atoms with E-state index >= 15 is 0 Å². The molecule has 0 spiro atoms. The summed E-state index contributed by atoms with van der Waals surface area (Å²) in [4.78, 5) is 21.7. The van der Waals surface area contributed by atoms with Crippen LogP contribution < -0.4 is 4.90 Å².